The normalized spacial score (nSPS) is 10.6. The maximum absolute atomic E-state index is 5.89. The molecule has 1 aromatic heterocycles. The molecular weight excluding hydrogens is 308 g/mol. The summed E-state index contributed by atoms with van der Waals surface area (Å²) in [5.41, 5.74) is 1.14. The third-order valence-corrected chi connectivity index (χ3v) is 3.98. The van der Waals surface area contributed by atoms with Gasteiger partial charge < -0.3 is 10.1 Å². The molecule has 0 amide bonds. The molecule has 0 spiro atoms. The third kappa shape index (κ3) is 3.78. The van der Waals surface area contributed by atoms with Crippen molar-refractivity contribution in [1.29, 1.82) is 0 Å². The highest BCUT2D eigenvalue weighted by atomic mass is 16.5. The zero-order valence-corrected chi connectivity index (χ0v) is 13.7. The molecule has 3 nitrogen and oxygen atoms in total. The van der Waals surface area contributed by atoms with E-state index >= 15 is 0 Å². The minimum absolute atomic E-state index is 0.692. The van der Waals surface area contributed by atoms with E-state index in [-0.39, 0.29) is 0 Å². The maximum Gasteiger partial charge on any atom is 0.127 e. The number of fused-ring (bicyclic) bond motifs is 1. The van der Waals surface area contributed by atoms with Gasteiger partial charge in [0, 0.05) is 18.1 Å². The van der Waals surface area contributed by atoms with Crippen LogP contribution in [-0.2, 0) is 6.54 Å². The summed E-state index contributed by atoms with van der Waals surface area (Å²) in [6.45, 7) is 0.692. The summed E-state index contributed by atoms with van der Waals surface area (Å²) < 4.78 is 5.89. The average molecular weight is 326 g/mol. The lowest BCUT2D eigenvalue weighted by Gasteiger charge is -2.09. The Kier molecular flexibility index (Phi) is 4.29. The number of benzene rings is 3. The van der Waals surface area contributed by atoms with Crippen LogP contribution in [0.2, 0.25) is 0 Å². The highest BCUT2D eigenvalue weighted by molar-refractivity contribution is 5.83. The fourth-order valence-corrected chi connectivity index (χ4v) is 2.72. The van der Waals surface area contributed by atoms with E-state index in [0.717, 1.165) is 28.3 Å². The average Bonchev–Trinajstić information content (AvgIpc) is 2.67. The number of ether oxygens (including phenoxy) is 1. The zero-order valence-electron chi connectivity index (χ0n) is 13.7. The second-order valence-corrected chi connectivity index (χ2v) is 5.83. The van der Waals surface area contributed by atoms with Crippen molar-refractivity contribution in [2.45, 2.75) is 6.54 Å². The molecule has 0 radical (unpaired) electrons. The van der Waals surface area contributed by atoms with Crippen molar-refractivity contribution >= 4 is 16.6 Å². The Morgan fingerprint density at radius 1 is 0.720 bits per heavy atom. The standard InChI is InChI=1S/C22H18N2O/c1-2-10-20(11-3-1)25-21-12-6-7-17(13-21)15-23-22-14-18-8-4-5-9-19(18)16-24-22/h1-14,16H,15H2,(H,23,24). The van der Waals surface area contributed by atoms with Crippen LogP contribution in [0, 0.1) is 0 Å². The van der Waals surface area contributed by atoms with E-state index in [0.29, 0.717) is 6.54 Å². The van der Waals surface area contributed by atoms with Crippen LogP contribution in [0.4, 0.5) is 5.82 Å². The minimum atomic E-state index is 0.692. The Morgan fingerprint density at radius 3 is 2.36 bits per heavy atom. The summed E-state index contributed by atoms with van der Waals surface area (Å²) >= 11 is 0. The highest BCUT2D eigenvalue weighted by Crippen LogP contribution is 2.22. The first-order valence-electron chi connectivity index (χ1n) is 8.27. The van der Waals surface area contributed by atoms with Crippen LogP contribution < -0.4 is 10.1 Å². The van der Waals surface area contributed by atoms with Gasteiger partial charge in [-0.15, -0.1) is 0 Å². The van der Waals surface area contributed by atoms with Crippen molar-refractivity contribution in [3.8, 4) is 11.5 Å². The molecule has 122 valence electrons. The van der Waals surface area contributed by atoms with Gasteiger partial charge in [-0.3, -0.25) is 0 Å². The molecule has 3 aromatic carbocycles. The Balaban J connectivity index is 1.46. The first-order valence-corrected chi connectivity index (χ1v) is 8.27. The van der Waals surface area contributed by atoms with Crippen LogP contribution in [0.1, 0.15) is 5.56 Å². The molecule has 0 aliphatic rings. The molecule has 0 aliphatic carbocycles. The SMILES string of the molecule is c1ccc(Oc2cccc(CNc3cc4ccccc4cn3)c2)cc1. The topological polar surface area (TPSA) is 34.1 Å². The maximum atomic E-state index is 5.89. The van der Waals surface area contributed by atoms with Gasteiger partial charge in [-0.25, -0.2) is 4.98 Å². The summed E-state index contributed by atoms with van der Waals surface area (Å²) in [5.74, 6) is 2.54. The van der Waals surface area contributed by atoms with Gasteiger partial charge in [0.15, 0.2) is 0 Å². The number of nitrogens with one attached hydrogen (secondary N) is 1. The van der Waals surface area contributed by atoms with Crippen LogP contribution in [0.15, 0.2) is 91.1 Å². The van der Waals surface area contributed by atoms with Gasteiger partial charge in [0.05, 0.1) is 0 Å². The highest BCUT2D eigenvalue weighted by Gasteiger charge is 2.01. The van der Waals surface area contributed by atoms with Gasteiger partial charge in [0.1, 0.15) is 17.3 Å². The molecule has 1 heterocycles. The third-order valence-electron chi connectivity index (χ3n) is 3.98. The van der Waals surface area contributed by atoms with Gasteiger partial charge in [0.25, 0.3) is 0 Å². The monoisotopic (exact) mass is 326 g/mol. The Bertz CT molecular complexity index is 983. The van der Waals surface area contributed by atoms with Crippen molar-refractivity contribution in [2.24, 2.45) is 0 Å². The Morgan fingerprint density at radius 2 is 1.48 bits per heavy atom. The van der Waals surface area contributed by atoms with E-state index in [9.17, 15) is 0 Å². The number of hydrogen-bond acceptors (Lipinski definition) is 3. The summed E-state index contributed by atoms with van der Waals surface area (Å²) in [6, 6.07) is 28.2. The van der Waals surface area contributed by atoms with Crippen molar-refractivity contribution in [2.75, 3.05) is 5.32 Å². The number of rotatable bonds is 5. The molecule has 25 heavy (non-hydrogen) atoms. The van der Waals surface area contributed by atoms with Crippen LogP contribution in [0.3, 0.4) is 0 Å². The second-order valence-electron chi connectivity index (χ2n) is 5.83. The first kappa shape index (κ1) is 15.2. The van der Waals surface area contributed by atoms with E-state index in [1.807, 2.05) is 66.9 Å². The van der Waals surface area contributed by atoms with E-state index in [2.05, 4.69) is 34.6 Å². The lowest BCUT2D eigenvalue weighted by Crippen LogP contribution is -2.01. The summed E-state index contributed by atoms with van der Waals surface area (Å²) in [5, 5.41) is 5.70. The van der Waals surface area contributed by atoms with Crippen LogP contribution in [-0.4, -0.2) is 4.98 Å². The second kappa shape index (κ2) is 7.05. The first-order chi connectivity index (χ1) is 12.4. The molecular formula is C22H18N2O. The lowest BCUT2D eigenvalue weighted by molar-refractivity contribution is 0.482. The van der Waals surface area contributed by atoms with Crippen LogP contribution in [0.5, 0.6) is 11.5 Å². The van der Waals surface area contributed by atoms with E-state index in [1.165, 1.54) is 5.39 Å². The van der Waals surface area contributed by atoms with Gasteiger partial charge in [-0.1, -0.05) is 54.6 Å². The molecule has 0 unspecified atom stereocenters. The molecule has 0 saturated heterocycles. The Labute approximate surface area is 146 Å². The van der Waals surface area contributed by atoms with E-state index < -0.39 is 0 Å². The molecule has 0 fully saturated rings. The summed E-state index contributed by atoms with van der Waals surface area (Å²) in [4.78, 5) is 4.47. The fourth-order valence-electron chi connectivity index (χ4n) is 2.72. The van der Waals surface area contributed by atoms with Gasteiger partial charge >= 0.3 is 0 Å². The molecule has 0 bridgehead atoms. The number of para-hydroxylation sites is 1. The molecule has 1 N–H and O–H groups in total. The number of anilines is 1. The minimum Gasteiger partial charge on any atom is -0.457 e. The molecule has 4 aromatic rings. The number of nitrogens with zero attached hydrogens (tertiary/aromatic N) is 1. The van der Waals surface area contributed by atoms with Crippen molar-refractivity contribution < 1.29 is 4.74 Å². The fraction of sp³-hybridized carbons (Fsp3) is 0.0455. The number of hydrogen-bond donors (Lipinski definition) is 1. The van der Waals surface area contributed by atoms with Gasteiger partial charge in [0.2, 0.25) is 0 Å². The summed E-state index contributed by atoms with van der Waals surface area (Å²) in [6.07, 6.45) is 1.90. The van der Waals surface area contributed by atoms with E-state index in [1.54, 1.807) is 0 Å². The van der Waals surface area contributed by atoms with Crippen LogP contribution in [0.25, 0.3) is 10.8 Å². The molecule has 0 aliphatic heterocycles. The van der Waals surface area contributed by atoms with Gasteiger partial charge in [-0.2, -0.15) is 0 Å². The van der Waals surface area contributed by atoms with Crippen molar-refractivity contribution in [1.82, 2.24) is 4.98 Å². The molecule has 3 heteroatoms. The quantitative estimate of drug-likeness (QED) is 0.515. The van der Waals surface area contributed by atoms with Crippen LogP contribution >= 0.6 is 0 Å². The lowest BCUT2D eigenvalue weighted by atomic mass is 10.2. The van der Waals surface area contributed by atoms with E-state index in [4.69, 9.17) is 4.74 Å². The van der Waals surface area contributed by atoms with Crippen molar-refractivity contribution in [3.63, 3.8) is 0 Å². The number of pyridine rings is 1. The molecule has 0 saturated carbocycles. The largest absolute Gasteiger partial charge is 0.457 e. The predicted octanol–water partition coefficient (Wildman–Crippen LogP) is 5.64. The Hall–Kier alpha value is -3.33. The van der Waals surface area contributed by atoms with Gasteiger partial charge in [-0.05, 0) is 41.3 Å². The zero-order chi connectivity index (χ0) is 16.9. The number of aromatic nitrogens is 1. The van der Waals surface area contributed by atoms with Crippen molar-refractivity contribution in [3.05, 3.63) is 96.7 Å². The smallest absolute Gasteiger partial charge is 0.127 e. The summed E-state index contributed by atoms with van der Waals surface area (Å²) in [7, 11) is 0. The molecule has 0 atom stereocenters. The molecule has 4 rings (SSSR count). The predicted molar refractivity (Wildman–Crippen MR) is 102 cm³/mol.